The van der Waals surface area contributed by atoms with Crippen molar-refractivity contribution in [2.24, 2.45) is 5.73 Å². The van der Waals surface area contributed by atoms with Crippen molar-refractivity contribution in [2.75, 3.05) is 0 Å². The van der Waals surface area contributed by atoms with Crippen LogP contribution in [0, 0.1) is 0 Å². The van der Waals surface area contributed by atoms with E-state index in [1.165, 1.54) is 5.56 Å². The largest absolute Gasteiger partial charge is 0.479 e. The Morgan fingerprint density at radius 2 is 2.39 bits per heavy atom. The molecule has 0 saturated carbocycles. The highest BCUT2D eigenvalue weighted by Crippen LogP contribution is 2.32. The third kappa shape index (κ3) is 2.64. The average Bonchev–Trinajstić information content (AvgIpc) is 2.70. The second-order valence-electron chi connectivity index (χ2n) is 4.74. The molecular formula is C14H19NO3. The van der Waals surface area contributed by atoms with Crippen molar-refractivity contribution >= 4 is 5.97 Å². The number of hydrogen-bond donors (Lipinski definition) is 2. The molecule has 4 heteroatoms. The molecular weight excluding hydrogens is 230 g/mol. The summed E-state index contributed by atoms with van der Waals surface area (Å²) in [7, 11) is 0. The van der Waals surface area contributed by atoms with E-state index in [1.54, 1.807) is 0 Å². The molecule has 2 rings (SSSR count). The normalized spacial score (nSPS) is 19.3. The number of benzene rings is 1. The van der Waals surface area contributed by atoms with Crippen LogP contribution in [0.2, 0.25) is 0 Å². The van der Waals surface area contributed by atoms with E-state index in [9.17, 15) is 4.79 Å². The maximum Gasteiger partial charge on any atom is 0.344 e. The molecule has 18 heavy (non-hydrogen) atoms. The van der Waals surface area contributed by atoms with E-state index in [0.717, 1.165) is 24.8 Å². The van der Waals surface area contributed by atoms with Gasteiger partial charge in [-0.1, -0.05) is 19.4 Å². The number of ether oxygens (including phenoxy) is 1. The summed E-state index contributed by atoms with van der Waals surface area (Å²) >= 11 is 0. The lowest BCUT2D eigenvalue weighted by Gasteiger charge is -2.15. The molecule has 0 radical (unpaired) electrons. The van der Waals surface area contributed by atoms with Crippen LogP contribution in [0.3, 0.4) is 0 Å². The minimum Gasteiger partial charge on any atom is -0.479 e. The number of carboxylic acid groups (broad SMARTS) is 1. The summed E-state index contributed by atoms with van der Waals surface area (Å²) in [6.45, 7) is 1.95. The number of nitrogens with two attached hydrogens (primary N) is 1. The van der Waals surface area contributed by atoms with Crippen molar-refractivity contribution in [3.05, 3.63) is 29.3 Å². The van der Waals surface area contributed by atoms with Crippen LogP contribution in [0.4, 0.5) is 0 Å². The lowest BCUT2D eigenvalue weighted by Crippen LogP contribution is -2.26. The fourth-order valence-corrected chi connectivity index (χ4v) is 2.36. The fraction of sp³-hybridized carbons (Fsp3) is 0.500. The van der Waals surface area contributed by atoms with E-state index in [1.807, 2.05) is 25.1 Å². The van der Waals surface area contributed by atoms with E-state index in [2.05, 4.69) is 0 Å². The predicted octanol–water partition coefficient (Wildman–Crippen LogP) is 2.26. The maximum atomic E-state index is 11.0. The van der Waals surface area contributed by atoms with Gasteiger partial charge in [0.1, 0.15) is 5.75 Å². The molecule has 1 aromatic carbocycles. The van der Waals surface area contributed by atoms with E-state index in [-0.39, 0.29) is 6.04 Å². The Hall–Kier alpha value is -1.55. The second kappa shape index (κ2) is 5.40. The van der Waals surface area contributed by atoms with Gasteiger partial charge in [-0.15, -0.1) is 0 Å². The molecule has 0 spiro atoms. The van der Waals surface area contributed by atoms with Crippen LogP contribution in [-0.2, 0) is 11.2 Å². The lowest BCUT2D eigenvalue weighted by atomic mass is 10.1. The number of carbonyl (C=O) groups is 1. The van der Waals surface area contributed by atoms with E-state index < -0.39 is 12.1 Å². The van der Waals surface area contributed by atoms with Crippen molar-refractivity contribution in [3.8, 4) is 5.75 Å². The molecule has 0 bridgehead atoms. The zero-order valence-corrected chi connectivity index (χ0v) is 10.6. The van der Waals surface area contributed by atoms with Crippen molar-refractivity contribution in [1.82, 2.24) is 0 Å². The molecule has 0 saturated heterocycles. The Bertz CT molecular complexity index is 445. The Morgan fingerprint density at radius 1 is 1.61 bits per heavy atom. The number of rotatable bonds is 5. The molecule has 0 aromatic heterocycles. The van der Waals surface area contributed by atoms with Crippen LogP contribution in [0.5, 0.6) is 5.75 Å². The molecule has 0 aliphatic heterocycles. The molecule has 2 atom stereocenters. The van der Waals surface area contributed by atoms with E-state index >= 15 is 0 Å². The Morgan fingerprint density at radius 3 is 3.06 bits per heavy atom. The number of aryl methyl sites for hydroxylation is 1. The monoisotopic (exact) mass is 249 g/mol. The van der Waals surface area contributed by atoms with Crippen LogP contribution in [0.25, 0.3) is 0 Å². The first-order valence-electron chi connectivity index (χ1n) is 6.39. The molecule has 0 heterocycles. The van der Waals surface area contributed by atoms with Gasteiger partial charge in [0, 0.05) is 6.04 Å². The lowest BCUT2D eigenvalue weighted by molar-refractivity contribution is -0.145. The van der Waals surface area contributed by atoms with Gasteiger partial charge < -0.3 is 15.6 Å². The Balaban J connectivity index is 2.12. The van der Waals surface area contributed by atoms with Gasteiger partial charge >= 0.3 is 5.97 Å². The average molecular weight is 249 g/mol. The van der Waals surface area contributed by atoms with Gasteiger partial charge in [-0.25, -0.2) is 4.79 Å². The minimum atomic E-state index is -0.908. The molecule has 1 unspecified atom stereocenters. The highest BCUT2D eigenvalue weighted by molar-refractivity contribution is 5.72. The topological polar surface area (TPSA) is 72.5 Å². The van der Waals surface area contributed by atoms with Gasteiger partial charge in [-0.2, -0.15) is 0 Å². The van der Waals surface area contributed by atoms with Crippen LogP contribution in [-0.4, -0.2) is 17.2 Å². The predicted molar refractivity (Wildman–Crippen MR) is 68.7 cm³/mol. The van der Waals surface area contributed by atoms with Gasteiger partial charge in [-0.3, -0.25) is 0 Å². The molecule has 1 aliphatic carbocycles. The zero-order valence-electron chi connectivity index (χ0n) is 10.6. The molecule has 0 fully saturated rings. The van der Waals surface area contributed by atoms with E-state index in [4.69, 9.17) is 15.6 Å². The number of fused-ring (bicyclic) bond motifs is 1. The smallest absolute Gasteiger partial charge is 0.344 e. The van der Waals surface area contributed by atoms with Crippen LogP contribution >= 0.6 is 0 Å². The molecule has 3 N–H and O–H groups in total. The first kappa shape index (κ1) is 12.9. The maximum absolute atomic E-state index is 11.0. The Kier molecular flexibility index (Phi) is 3.87. The molecule has 0 amide bonds. The summed E-state index contributed by atoms with van der Waals surface area (Å²) in [5.74, 6) is -0.280. The van der Waals surface area contributed by atoms with Crippen LogP contribution in [0.15, 0.2) is 18.2 Å². The van der Waals surface area contributed by atoms with Gasteiger partial charge in [0.15, 0.2) is 6.10 Å². The SMILES string of the molecule is CCCC(Oc1ccc2c(c1)CC[C@@H]2N)C(=O)O. The minimum absolute atomic E-state index is 0.111. The third-order valence-corrected chi connectivity index (χ3v) is 3.34. The third-order valence-electron chi connectivity index (χ3n) is 3.34. The quantitative estimate of drug-likeness (QED) is 0.839. The summed E-state index contributed by atoms with van der Waals surface area (Å²) in [6, 6.07) is 5.80. The number of aliphatic carboxylic acids is 1. The first-order valence-corrected chi connectivity index (χ1v) is 6.39. The fourth-order valence-electron chi connectivity index (χ4n) is 2.36. The number of hydrogen-bond acceptors (Lipinski definition) is 3. The Labute approximate surface area is 107 Å². The second-order valence-corrected chi connectivity index (χ2v) is 4.74. The van der Waals surface area contributed by atoms with Crippen LogP contribution < -0.4 is 10.5 Å². The summed E-state index contributed by atoms with van der Waals surface area (Å²) in [6.07, 6.45) is 2.44. The molecule has 1 aliphatic rings. The van der Waals surface area contributed by atoms with Crippen molar-refractivity contribution in [3.63, 3.8) is 0 Å². The van der Waals surface area contributed by atoms with Crippen LogP contribution in [0.1, 0.15) is 43.4 Å². The van der Waals surface area contributed by atoms with E-state index in [0.29, 0.717) is 12.2 Å². The summed E-state index contributed by atoms with van der Waals surface area (Å²) in [4.78, 5) is 11.0. The van der Waals surface area contributed by atoms with Gasteiger partial charge in [0.05, 0.1) is 0 Å². The summed E-state index contributed by atoms with van der Waals surface area (Å²) in [5, 5.41) is 9.06. The first-order chi connectivity index (χ1) is 8.61. The van der Waals surface area contributed by atoms with Gasteiger partial charge in [0.25, 0.3) is 0 Å². The number of carboxylic acids is 1. The van der Waals surface area contributed by atoms with Crippen molar-refractivity contribution in [1.29, 1.82) is 0 Å². The molecule has 98 valence electrons. The standard InChI is InChI=1S/C14H19NO3/c1-2-3-13(14(16)17)18-10-5-6-11-9(8-10)4-7-12(11)15/h5-6,8,12-13H,2-4,7,15H2,1H3,(H,16,17)/t12-,13?/m0/s1. The van der Waals surface area contributed by atoms with Crippen molar-refractivity contribution < 1.29 is 14.6 Å². The van der Waals surface area contributed by atoms with Crippen molar-refractivity contribution in [2.45, 2.75) is 44.8 Å². The highest BCUT2D eigenvalue weighted by atomic mass is 16.5. The van der Waals surface area contributed by atoms with Gasteiger partial charge in [-0.05, 0) is 42.5 Å². The highest BCUT2D eigenvalue weighted by Gasteiger charge is 2.22. The molecule has 1 aromatic rings. The van der Waals surface area contributed by atoms with Gasteiger partial charge in [0.2, 0.25) is 0 Å². The zero-order chi connectivity index (χ0) is 13.1. The summed E-state index contributed by atoms with van der Waals surface area (Å²) < 4.78 is 5.54. The molecule has 4 nitrogen and oxygen atoms in total. The summed E-state index contributed by atoms with van der Waals surface area (Å²) in [5.41, 5.74) is 8.30.